The lowest BCUT2D eigenvalue weighted by Crippen LogP contribution is -2.38. The third-order valence-electron chi connectivity index (χ3n) is 6.91. The van der Waals surface area contributed by atoms with Gasteiger partial charge in [-0.1, -0.05) is 0 Å². The highest BCUT2D eigenvalue weighted by Crippen LogP contribution is 2.39. The van der Waals surface area contributed by atoms with Crippen molar-refractivity contribution in [2.75, 3.05) is 13.1 Å². The molecule has 2 fully saturated rings. The second-order valence-electron chi connectivity index (χ2n) is 9.23. The number of hydrogen-bond donors (Lipinski definition) is 0. The van der Waals surface area contributed by atoms with Crippen LogP contribution in [-0.4, -0.2) is 53.4 Å². The van der Waals surface area contributed by atoms with E-state index in [1.807, 2.05) is 16.9 Å². The molecule has 0 radical (unpaired) electrons. The summed E-state index contributed by atoms with van der Waals surface area (Å²) in [5.74, 6) is 0.302. The van der Waals surface area contributed by atoms with E-state index in [-0.39, 0.29) is 12.7 Å². The van der Waals surface area contributed by atoms with Crippen molar-refractivity contribution >= 4 is 11.7 Å². The van der Waals surface area contributed by atoms with Gasteiger partial charge in [-0.3, -0.25) is 4.68 Å². The third kappa shape index (κ3) is 3.72. The summed E-state index contributed by atoms with van der Waals surface area (Å²) in [5.41, 5.74) is 7.01. The maximum Gasteiger partial charge on any atom is 0.410 e. The molecule has 1 amide bonds. The molecule has 4 aromatic heterocycles. The number of oxazole rings is 1. The van der Waals surface area contributed by atoms with Crippen molar-refractivity contribution in [2.24, 2.45) is 0 Å². The average Bonchev–Trinajstić information content (AvgIpc) is 3.25. The molecule has 10 nitrogen and oxygen atoms in total. The highest BCUT2D eigenvalue weighted by atomic mass is 16.6. The molecule has 0 N–H and O–H groups in total. The van der Waals surface area contributed by atoms with E-state index in [0.29, 0.717) is 30.7 Å². The summed E-state index contributed by atoms with van der Waals surface area (Å²) in [7, 11) is 0. The Hall–Kier alpha value is -3.69. The number of aryl methyl sites for hydroxylation is 1. The Morgan fingerprint density at radius 3 is 2.71 bits per heavy atom. The van der Waals surface area contributed by atoms with Gasteiger partial charge >= 0.3 is 6.09 Å². The minimum absolute atomic E-state index is 0.119. The van der Waals surface area contributed by atoms with Crippen LogP contribution in [0.4, 0.5) is 4.79 Å². The molecule has 0 aromatic carbocycles. The number of likely N-dealkylation sites (tertiary alicyclic amines) is 1. The van der Waals surface area contributed by atoms with Crippen LogP contribution in [-0.2, 0) is 11.3 Å². The van der Waals surface area contributed by atoms with Gasteiger partial charge < -0.3 is 14.1 Å². The van der Waals surface area contributed by atoms with E-state index in [0.717, 1.165) is 40.9 Å². The predicted octanol–water partition coefficient (Wildman–Crippen LogP) is 4.05. The Morgan fingerprint density at radius 1 is 1.15 bits per heavy atom. The molecule has 10 heteroatoms. The van der Waals surface area contributed by atoms with Gasteiger partial charge in [-0.05, 0) is 45.4 Å². The number of piperidine rings is 1. The van der Waals surface area contributed by atoms with Gasteiger partial charge in [0.25, 0.3) is 0 Å². The van der Waals surface area contributed by atoms with Crippen LogP contribution in [0.5, 0.6) is 0 Å². The molecular formula is C24H27N7O3. The van der Waals surface area contributed by atoms with Gasteiger partial charge in [-0.2, -0.15) is 10.2 Å². The Kier molecular flexibility index (Phi) is 5.08. The van der Waals surface area contributed by atoms with Crippen LogP contribution in [0.3, 0.4) is 0 Å². The van der Waals surface area contributed by atoms with Crippen molar-refractivity contribution < 1.29 is 13.9 Å². The van der Waals surface area contributed by atoms with E-state index < -0.39 is 0 Å². The molecule has 176 valence electrons. The van der Waals surface area contributed by atoms with E-state index in [2.05, 4.69) is 34.8 Å². The molecule has 34 heavy (non-hydrogen) atoms. The zero-order chi connectivity index (χ0) is 23.2. The number of aromatic nitrogens is 6. The van der Waals surface area contributed by atoms with E-state index in [4.69, 9.17) is 19.2 Å². The predicted molar refractivity (Wildman–Crippen MR) is 122 cm³/mol. The maximum atomic E-state index is 12.4. The molecule has 1 saturated carbocycles. The summed E-state index contributed by atoms with van der Waals surface area (Å²) < 4.78 is 14.3. The van der Waals surface area contributed by atoms with Crippen LogP contribution in [0.2, 0.25) is 0 Å². The molecule has 2 aliphatic rings. The quantitative estimate of drug-likeness (QED) is 0.442. The van der Waals surface area contributed by atoms with Crippen LogP contribution in [0.1, 0.15) is 60.3 Å². The summed E-state index contributed by atoms with van der Waals surface area (Å²) in [5, 5.41) is 9.38. The van der Waals surface area contributed by atoms with Crippen molar-refractivity contribution in [1.82, 2.24) is 34.3 Å². The van der Waals surface area contributed by atoms with Crippen LogP contribution in [0, 0.1) is 13.8 Å². The number of ether oxygens (including phenoxy) is 1. The van der Waals surface area contributed by atoms with Gasteiger partial charge in [-0.25, -0.2) is 19.3 Å². The number of amides is 1. The molecule has 1 aliphatic carbocycles. The molecule has 0 atom stereocenters. The number of carbonyl (C=O) groups excluding carboxylic acids is 1. The minimum atomic E-state index is -0.318. The SMILES string of the molecule is Cc1nn(C2CC2)c(C)c1-c1cnc2c(C3CCN(C(=O)OCc4cocn4)CC3)cnn2c1. The lowest BCUT2D eigenvalue weighted by molar-refractivity contribution is 0.0861. The maximum absolute atomic E-state index is 12.4. The smallest absolute Gasteiger partial charge is 0.410 e. The summed E-state index contributed by atoms with van der Waals surface area (Å²) in [6.07, 6.45) is 12.5. The Balaban J connectivity index is 1.15. The molecule has 0 spiro atoms. The monoisotopic (exact) mass is 461 g/mol. The molecular weight excluding hydrogens is 434 g/mol. The number of fused-ring (bicyclic) bond motifs is 1. The zero-order valence-electron chi connectivity index (χ0n) is 19.3. The van der Waals surface area contributed by atoms with Crippen LogP contribution in [0.15, 0.2) is 35.7 Å². The number of hydrogen-bond acceptors (Lipinski definition) is 7. The van der Waals surface area contributed by atoms with Crippen LogP contribution in [0.25, 0.3) is 16.8 Å². The first kappa shape index (κ1) is 20.9. The first-order valence-corrected chi connectivity index (χ1v) is 11.8. The fraction of sp³-hybridized carbons (Fsp3) is 0.458. The molecule has 4 aromatic rings. The first-order chi connectivity index (χ1) is 16.6. The summed E-state index contributed by atoms with van der Waals surface area (Å²) in [6.45, 7) is 5.59. The number of nitrogens with zero attached hydrogens (tertiary/aromatic N) is 7. The van der Waals surface area contributed by atoms with Crippen molar-refractivity contribution in [2.45, 2.75) is 58.1 Å². The Labute approximate surface area is 196 Å². The normalized spacial score (nSPS) is 16.9. The standard InChI is InChI=1S/C24H27N7O3/c1-15-22(16(2)31(28-15)20-3-4-20)18-9-25-23-21(10-27-30(23)11-18)17-5-7-29(8-6-17)24(32)34-13-19-12-33-14-26-19/h9-12,14,17,20H,3-8,13H2,1-2H3. The third-order valence-corrected chi connectivity index (χ3v) is 6.91. The Bertz CT molecular complexity index is 1330. The van der Waals surface area contributed by atoms with E-state index in [1.54, 1.807) is 4.90 Å². The topological polar surface area (TPSA) is 104 Å². The highest BCUT2D eigenvalue weighted by Gasteiger charge is 2.29. The fourth-order valence-corrected chi connectivity index (χ4v) is 4.97. The second kappa shape index (κ2) is 8.27. The molecule has 0 unspecified atom stereocenters. The van der Waals surface area contributed by atoms with Gasteiger partial charge in [-0.15, -0.1) is 0 Å². The fourth-order valence-electron chi connectivity index (χ4n) is 4.97. The van der Waals surface area contributed by atoms with Gasteiger partial charge in [0.05, 0.1) is 17.9 Å². The minimum Gasteiger partial charge on any atom is -0.451 e. The summed E-state index contributed by atoms with van der Waals surface area (Å²) >= 11 is 0. The van der Waals surface area contributed by atoms with E-state index in [9.17, 15) is 4.79 Å². The van der Waals surface area contributed by atoms with Crippen molar-refractivity contribution in [3.05, 3.63) is 53.9 Å². The second-order valence-corrected chi connectivity index (χ2v) is 9.23. The highest BCUT2D eigenvalue weighted by molar-refractivity contribution is 5.69. The van der Waals surface area contributed by atoms with Gasteiger partial charge in [0, 0.05) is 47.9 Å². The lowest BCUT2D eigenvalue weighted by atomic mass is 9.91. The van der Waals surface area contributed by atoms with Crippen LogP contribution < -0.4 is 0 Å². The Morgan fingerprint density at radius 2 is 1.97 bits per heavy atom. The number of rotatable bonds is 5. The molecule has 1 saturated heterocycles. The number of carbonyl (C=O) groups is 1. The summed E-state index contributed by atoms with van der Waals surface area (Å²) in [6, 6.07) is 0.547. The first-order valence-electron chi connectivity index (χ1n) is 11.8. The lowest BCUT2D eigenvalue weighted by Gasteiger charge is -2.30. The van der Waals surface area contributed by atoms with E-state index in [1.165, 1.54) is 31.2 Å². The zero-order valence-corrected chi connectivity index (χ0v) is 19.3. The molecule has 1 aliphatic heterocycles. The van der Waals surface area contributed by atoms with Crippen molar-refractivity contribution in [1.29, 1.82) is 0 Å². The van der Waals surface area contributed by atoms with Gasteiger partial charge in [0.2, 0.25) is 0 Å². The van der Waals surface area contributed by atoms with Gasteiger partial charge in [0.15, 0.2) is 12.0 Å². The van der Waals surface area contributed by atoms with Crippen LogP contribution >= 0.6 is 0 Å². The average molecular weight is 462 g/mol. The van der Waals surface area contributed by atoms with Gasteiger partial charge in [0.1, 0.15) is 18.6 Å². The van der Waals surface area contributed by atoms with Crippen molar-refractivity contribution in [3.8, 4) is 11.1 Å². The largest absolute Gasteiger partial charge is 0.451 e. The molecule has 0 bridgehead atoms. The molecule has 5 heterocycles. The summed E-state index contributed by atoms with van der Waals surface area (Å²) in [4.78, 5) is 22.9. The van der Waals surface area contributed by atoms with Crippen molar-refractivity contribution in [3.63, 3.8) is 0 Å². The van der Waals surface area contributed by atoms with E-state index >= 15 is 0 Å². The molecule has 6 rings (SSSR count).